The Kier molecular flexibility index (Phi) is 7.53. The van der Waals surface area contributed by atoms with Gasteiger partial charge in [0.2, 0.25) is 5.91 Å². The van der Waals surface area contributed by atoms with E-state index in [4.69, 9.17) is 4.74 Å². The molecule has 0 radical (unpaired) electrons. The maximum atomic E-state index is 13.4. The first-order valence-electron chi connectivity index (χ1n) is 10.4. The van der Waals surface area contributed by atoms with Crippen LogP contribution in [-0.2, 0) is 14.8 Å². The number of aryl methyl sites for hydroxylation is 3. The number of anilines is 1. The van der Waals surface area contributed by atoms with E-state index in [0.717, 1.165) is 21.0 Å². The van der Waals surface area contributed by atoms with Gasteiger partial charge in [0, 0.05) is 0 Å². The number of carbonyl (C=O) groups is 1. The van der Waals surface area contributed by atoms with Gasteiger partial charge in [0.05, 0.1) is 17.1 Å². The summed E-state index contributed by atoms with van der Waals surface area (Å²) >= 11 is 0. The predicted molar refractivity (Wildman–Crippen MR) is 127 cm³/mol. The fourth-order valence-electron chi connectivity index (χ4n) is 3.10. The minimum atomic E-state index is -3.93. The number of hydrogen-bond acceptors (Lipinski definition) is 4. The molecule has 32 heavy (non-hydrogen) atoms. The van der Waals surface area contributed by atoms with Gasteiger partial charge in [0.15, 0.2) is 0 Å². The second-order valence-electron chi connectivity index (χ2n) is 7.60. The Morgan fingerprint density at radius 2 is 1.59 bits per heavy atom. The molecule has 6 nitrogen and oxygen atoms in total. The highest BCUT2D eigenvalue weighted by Crippen LogP contribution is 2.26. The first-order valence-corrected chi connectivity index (χ1v) is 11.8. The zero-order valence-electron chi connectivity index (χ0n) is 18.5. The van der Waals surface area contributed by atoms with Crippen molar-refractivity contribution in [1.29, 1.82) is 0 Å². The van der Waals surface area contributed by atoms with Crippen LogP contribution >= 0.6 is 0 Å². The summed E-state index contributed by atoms with van der Waals surface area (Å²) in [5, 5.41) is 2.74. The number of benzene rings is 3. The largest absolute Gasteiger partial charge is 0.492 e. The van der Waals surface area contributed by atoms with Crippen molar-refractivity contribution in [1.82, 2.24) is 5.32 Å². The van der Waals surface area contributed by atoms with Crippen LogP contribution in [0.15, 0.2) is 77.7 Å². The van der Waals surface area contributed by atoms with E-state index in [0.29, 0.717) is 11.4 Å². The van der Waals surface area contributed by atoms with Crippen LogP contribution in [0.25, 0.3) is 0 Å². The third-order valence-corrected chi connectivity index (χ3v) is 6.90. The van der Waals surface area contributed by atoms with Gasteiger partial charge in [-0.25, -0.2) is 8.42 Å². The zero-order valence-corrected chi connectivity index (χ0v) is 19.4. The average molecular weight is 453 g/mol. The fraction of sp³-hybridized carbons (Fsp3) is 0.240. The first kappa shape index (κ1) is 23.3. The number of carbonyl (C=O) groups excluding carboxylic acids is 1. The van der Waals surface area contributed by atoms with E-state index in [1.807, 2.05) is 57.2 Å². The molecule has 0 saturated carbocycles. The molecule has 0 atom stereocenters. The Balaban J connectivity index is 1.75. The van der Waals surface area contributed by atoms with E-state index in [1.54, 1.807) is 36.4 Å². The maximum absolute atomic E-state index is 13.4. The Morgan fingerprint density at radius 1 is 0.906 bits per heavy atom. The van der Waals surface area contributed by atoms with Crippen LogP contribution in [-0.4, -0.2) is 34.0 Å². The molecule has 0 aliphatic rings. The van der Waals surface area contributed by atoms with Crippen molar-refractivity contribution in [2.75, 3.05) is 24.0 Å². The van der Waals surface area contributed by atoms with Gasteiger partial charge < -0.3 is 10.1 Å². The molecular formula is C25H28N2O4S. The maximum Gasteiger partial charge on any atom is 0.264 e. The highest BCUT2D eigenvalue weighted by atomic mass is 32.2. The van der Waals surface area contributed by atoms with E-state index in [9.17, 15) is 13.2 Å². The van der Waals surface area contributed by atoms with Crippen LogP contribution in [0.1, 0.15) is 16.7 Å². The van der Waals surface area contributed by atoms with Gasteiger partial charge in [-0.05, 0) is 68.3 Å². The lowest BCUT2D eigenvalue weighted by molar-refractivity contribution is -0.119. The predicted octanol–water partition coefficient (Wildman–Crippen LogP) is 4.00. The van der Waals surface area contributed by atoms with E-state index in [2.05, 4.69) is 5.32 Å². The number of nitrogens with one attached hydrogen (secondary N) is 1. The summed E-state index contributed by atoms with van der Waals surface area (Å²) < 4.78 is 33.6. The van der Waals surface area contributed by atoms with Crippen LogP contribution in [0, 0.1) is 20.8 Å². The SMILES string of the molecule is Cc1ccc(S(=O)(=O)N(CC(=O)NCCOc2ccccc2)c2ccc(C)c(C)c2)cc1. The topological polar surface area (TPSA) is 75.7 Å². The smallest absolute Gasteiger partial charge is 0.264 e. The summed E-state index contributed by atoms with van der Waals surface area (Å²) in [6, 6.07) is 21.3. The van der Waals surface area contributed by atoms with E-state index in [1.165, 1.54) is 0 Å². The van der Waals surface area contributed by atoms with Crippen LogP contribution in [0.5, 0.6) is 5.75 Å². The minimum Gasteiger partial charge on any atom is -0.492 e. The molecule has 0 unspecified atom stereocenters. The van der Waals surface area contributed by atoms with Gasteiger partial charge in [-0.1, -0.05) is 42.0 Å². The van der Waals surface area contributed by atoms with Gasteiger partial charge in [0.1, 0.15) is 18.9 Å². The lowest BCUT2D eigenvalue weighted by Crippen LogP contribution is -2.42. The number of rotatable bonds is 9. The molecule has 0 spiro atoms. The van der Waals surface area contributed by atoms with Crippen LogP contribution in [0.4, 0.5) is 5.69 Å². The summed E-state index contributed by atoms with van der Waals surface area (Å²) in [6.45, 7) is 5.98. The number of nitrogens with zero attached hydrogens (tertiary/aromatic N) is 1. The van der Waals surface area contributed by atoms with Crippen molar-refractivity contribution in [2.45, 2.75) is 25.7 Å². The molecule has 3 aromatic carbocycles. The summed E-state index contributed by atoms with van der Waals surface area (Å²) in [6.07, 6.45) is 0. The van der Waals surface area contributed by atoms with Gasteiger partial charge in [-0.2, -0.15) is 0 Å². The van der Waals surface area contributed by atoms with Crippen molar-refractivity contribution in [3.8, 4) is 5.75 Å². The van der Waals surface area contributed by atoms with E-state index >= 15 is 0 Å². The van der Waals surface area contributed by atoms with Crippen molar-refractivity contribution >= 4 is 21.6 Å². The highest BCUT2D eigenvalue weighted by Gasteiger charge is 2.27. The number of amides is 1. The summed E-state index contributed by atoms with van der Waals surface area (Å²) in [5.74, 6) is 0.302. The fourth-order valence-corrected chi connectivity index (χ4v) is 4.51. The van der Waals surface area contributed by atoms with Crippen LogP contribution < -0.4 is 14.4 Å². The lowest BCUT2D eigenvalue weighted by atomic mass is 10.1. The Labute approximate surface area is 189 Å². The normalized spacial score (nSPS) is 11.1. The molecule has 7 heteroatoms. The molecule has 0 bridgehead atoms. The molecule has 3 rings (SSSR count). The van der Waals surface area contributed by atoms with Crippen LogP contribution in [0.3, 0.4) is 0 Å². The third-order valence-electron chi connectivity index (χ3n) is 5.11. The lowest BCUT2D eigenvalue weighted by Gasteiger charge is -2.25. The Morgan fingerprint density at radius 3 is 2.25 bits per heavy atom. The number of para-hydroxylation sites is 1. The molecule has 0 saturated heterocycles. The van der Waals surface area contributed by atoms with Gasteiger partial charge in [-0.15, -0.1) is 0 Å². The molecule has 0 aliphatic carbocycles. The zero-order chi connectivity index (χ0) is 23.1. The number of ether oxygens (including phenoxy) is 1. The van der Waals surface area contributed by atoms with Gasteiger partial charge in [-0.3, -0.25) is 9.10 Å². The monoisotopic (exact) mass is 452 g/mol. The molecule has 0 aliphatic heterocycles. The van der Waals surface area contributed by atoms with E-state index < -0.39 is 15.9 Å². The Bertz CT molecular complexity index is 1160. The van der Waals surface area contributed by atoms with Crippen LogP contribution in [0.2, 0.25) is 0 Å². The number of hydrogen-bond donors (Lipinski definition) is 1. The molecular weight excluding hydrogens is 424 g/mol. The van der Waals surface area contributed by atoms with Crippen molar-refractivity contribution < 1.29 is 17.9 Å². The van der Waals surface area contributed by atoms with Crippen molar-refractivity contribution in [2.24, 2.45) is 0 Å². The first-order chi connectivity index (χ1) is 15.3. The quantitative estimate of drug-likeness (QED) is 0.498. The van der Waals surface area contributed by atoms with Crippen molar-refractivity contribution in [3.63, 3.8) is 0 Å². The molecule has 0 fully saturated rings. The third kappa shape index (κ3) is 5.88. The minimum absolute atomic E-state index is 0.140. The molecule has 1 amide bonds. The van der Waals surface area contributed by atoms with E-state index in [-0.39, 0.29) is 24.6 Å². The molecule has 168 valence electrons. The summed E-state index contributed by atoms with van der Waals surface area (Å²) in [4.78, 5) is 12.8. The number of sulfonamides is 1. The standard InChI is InChI=1S/C25H28N2O4S/c1-19-9-13-24(14-10-19)32(29,30)27(22-12-11-20(2)21(3)17-22)18-25(28)26-15-16-31-23-7-5-4-6-8-23/h4-14,17H,15-16,18H2,1-3H3,(H,26,28). The van der Waals surface area contributed by atoms with Crippen molar-refractivity contribution in [3.05, 3.63) is 89.5 Å². The molecule has 3 aromatic rings. The Hall–Kier alpha value is -3.32. The molecule has 0 aromatic heterocycles. The average Bonchev–Trinajstić information content (AvgIpc) is 2.78. The molecule has 0 heterocycles. The summed E-state index contributed by atoms with van der Waals surface area (Å²) in [5.41, 5.74) is 3.40. The van der Waals surface area contributed by atoms with Gasteiger partial charge >= 0.3 is 0 Å². The second kappa shape index (κ2) is 10.3. The molecule has 1 N–H and O–H groups in total. The second-order valence-corrected chi connectivity index (χ2v) is 9.47. The van der Waals surface area contributed by atoms with Gasteiger partial charge in [0.25, 0.3) is 10.0 Å². The summed E-state index contributed by atoms with van der Waals surface area (Å²) in [7, 11) is -3.93. The highest BCUT2D eigenvalue weighted by molar-refractivity contribution is 7.92.